The summed E-state index contributed by atoms with van der Waals surface area (Å²) in [5.41, 5.74) is 21.6. The summed E-state index contributed by atoms with van der Waals surface area (Å²) in [6, 6.07) is 11.0. The molecule has 0 spiro atoms. The summed E-state index contributed by atoms with van der Waals surface area (Å²) in [6.45, 7) is 10.7. The van der Waals surface area contributed by atoms with Gasteiger partial charge in [-0.2, -0.15) is 0 Å². The third kappa shape index (κ3) is 11.1. The van der Waals surface area contributed by atoms with Gasteiger partial charge in [-0.05, 0) is 118 Å². The highest BCUT2D eigenvalue weighted by Gasteiger charge is 2.68. The molecule has 5 amide bonds. The van der Waals surface area contributed by atoms with Gasteiger partial charge in [0.15, 0.2) is 6.17 Å². The lowest BCUT2D eigenvalue weighted by atomic mass is 9.43. The summed E-state index contributed by atoms with van der Waals surface area (Å²) in [4.78, 5) is 66.7. The van der Waals surface area contributed by atoms with Crippen LogP contribution in [0.5, 0.6) is 0 Å². The van der Waals surface area contributed by atoms with Crippen LogP contribution < -0.4 is 49.1 Å². The smallest absolute Gasteiger partial charge is 0.403 e. The van der Waals surface area contributed by atoms with Crippen molar-refractivity contribution in [3.8, 4) is 11.1 Å². The number of aliphatic hydroxyl groups excluding tert-OH is 1. The van der Waals surface area contributed by atoms with E-state index in [1.54, 1.807) is 12.1 Å². The van der Waals surface area contributed by atoms with E-state index in [1.807, 2.05) is 19.1 Å². The zero-order chi connectivity index (χ0) is 45.6. The van der Waals surface area contributed by atoms with Crippen LogP contribution in [0.25, 0.3) is 11.1 Å². The van der Waals surface area contributed by atoms with Crippen molar-refractivity contribution in [1.82, 2.24) is 31.9 Å². The first-order valence-electron chi connectivity index (χ1n) is 22.6. The zero-order valence-corrected chi connectivity index (χ0v) is 37.3. The molecule has 63 heavy (non-hydrogen) atoms. The van der Waals surface area contributed by atoms with Crippen molar-refractivity contribution in [2.24, 2.45) is 34.5 Å². The summed E-state index contributed by atoms with van der Waals surface area (Å²) in [7, 11) is -0.884. The van der Waals surface area contributed by atoms with Crippen molar-refractivity contribution in [3.05, 3.63) is 59.7 Å². The lowest BCUT2D eigenvalue weighted by Crippen LogP contribution is -2.65. The first-order chi connectivity index (χ1) is 29.9. The first-order valence-corrected chi connectivity index (χ1v) is 22.6. The van der Waals surface area contributed by atoms with Gasteiger partial charge >= 0.3 is 7.12 Å². The number of unbranched alkanes of at least 4 members (excludes halogenated alkanes) is 2. The quantitative estimate of drug-likeness (QED) is 0.0501. The van der Waals surface area contributed by atoms with Gasteiger partial charge in [0, 0.05) is 18.2 Å². The maximum atomic E-state index is 13.6. The van der Waals surface area contributed by atoms with Crippen LogP contribution in [-0.4, -0.2) is 109 Å². The molecule has 2 bridgehead atoms. The Morgan fingerprint density at radius 3 is 2.19 bits per heavy atom. The summed E-state index contributed by atoms with van der Waals surface area (Å²) < 4.78 is 12.6. The number of hydrogen-bond donors (Lipinski definition) is 10. The fraction of sp³-hybridized carbons (Fsp3) is 0.622. The molecule has 2 aromatic carbocycles. The fourth-order valence-electron chi connectivity index (χ4n) is 9.75. The Hall–Kier alpha value is -4.43. The van der Waals surface area contributed by atoms with E-state index in [4.69, 9.17) is 26.5 Å². The highest BCUT2D eigenvalue weighted by atomic mass is 16.7. The van der Waals surface area contributed by atoms with Crippen LogP contribution in [0.1, 0.15) is 102 Å². The van der Waals surface area contributed by atoms with Gasteiger partial charge in [-0.1, -0.05) is 63.6 Å². The molecule has 17 nitrogen and oxygen atoms in total. The van der Waals surface area contributed by atoms with Crippen LogP contribution >= 0.6 is 0 Å². The number of aliphatic hydroxyl groups is 1. The Morgan fingerprint density at radius 2 is 1.56 bits per heavy atom. The minimum absolute atomic E-state index is 0.124. The van der Waals surface area contributed by atoms with E-state index in [1.165, 1.54) is 12.5 Å². The normalized spacial score (nSPS) is 26.8. The van der Waals surface area contributed by atoms with Crippen molar-refractivity contribution >= 4 is 36.7 Å². The molecule has 3 aliphatic carbocycles. The number of nitrogens with one attached hydrogen (secondary N) is 6. The molecule has 2 aliphatic heterocycles. The number of carbonyl (C=O) groups is 5. The monoisotopic (exact) mass is 874 g/mol. The second-order valence-corrected chi connectivity index (χ2v) is 18.7. The van der Waals surface area contributed by atoms with Crippen LogP contribution in [0.2, 0.25) is 0 Å². The van der Waals surface area contributed by atoms with Crippen molar-refractivity contribution in [2.75, 3.05) is 13.1 Å². The number of rotatable bonds is 20. The van der Waals surface area contributed by atoms with Crippen LogP contribution in [0.15, 0.2) is 48.5 Å². The Balaban J connectivity index is 0.965. The van der Waals surface area contributed by atoms with E-state index in [9.17, 15) is 29.1 Å². The van der Waals surface area contributed by atoms with Crippen molar-refractivity contribution in [3.63, 3.8) is 0 Å². The van der Waals surface area contributed by atoms with E-state index in [-0.39, 0.29) is 36.3 Å². The third-order valence-corrected chi connectivity index (χ3v) is 13.8. The summed E-state index contributed by atoms with van der Waals surface area (Å²) in [6.07, 6.45) is 3.59. The lowest BCUT2D eigenvalue weighted by molar-refractivity contribution is -0.199. The average Bonchev–Trinajstić information content (AvgIpc) is 3.88. The minimum atomic E-state index is -1.65. The molecular weight excluding hydrogens is 805 g/mol. The standard InChI is InChI=1S/C45H68BN9O8/c1-6-7-10-26-12-14-27(15-13-26)28-16-18-29(19-17-28)38(57)51-31-23-33(50-24-31)40(59)53-36(25(2)56)41(60)54-37(48)42(61)52-32(11-8-9-20-47)39(58)55-43(49)46-62-35-22-30-21-34(44(30,3)4)45(35,5)63-46/h12-19,25,30-37,43,50,56H,6-11,20-24,47-49H2,1-5H3,(H,51,57)(H,52,61)(H,53,59)(H,54,60)(H,55,58)/t25-,30+,31+,32+,33+,34+,35?,36+,37-,43-,45+/m1/s1. The van der Waals surface area contributed by atoms with Gasteiger partial charge in [0.1, 0.15) is 18.1 Å². The first kappa shape index (κ1) is 48.0. The molecule has 2 heterocycles. The number of hydrogen-bond acceptors (Lipinski definition) is 12. The van der Waals surface area contributed by atoms with Gasteiger partial charge < -0.3 is 63.5 Å². The number of nitrogens with two attached hydrogens (primary N) is 3. The van der Waals surface area contributed by atoms with Crippen LogP contribution in [0, 0.1) is 17.3 Å². The molecule has 2 aromatic rings. The summed E-state index contributed by atoms with van der Waals surface area (Å²) in [5.74, 6) is -2.43. The highest BCUT2D eigenvalue weighted by molar-refractivity contribution is 6.47. The minimum Gasteiger partial charge on any atom is -0.403 e. The molecule has 0 radical (unpaired) electrons. The van der Waals surface area contributed by atoms with Gasteiger partial charge in [0.2, 0.25) is 17.7 Å². The third-order valence-electron chi connectivity index (χ3n) is 13.8. The topological polar surface area (TPSA) is 274 Å². The van der Waals surface area contributed by atoms with Gasteiger partial charge in [0.05, 0.1) is 23.9 Å². The Bertz CT molecular complexity index is 1940. The fourth-order valence-corrected chi connectivity index (χ4v) is 9.75. The predicted octanol–water partition coefficient (Wildman–Crippen LogP) is 0.705. The molecule has 344 valence electrons. The molecule has 0 aromatic heterocycles. The number of carbonyl (C=O) groups excluding carboxylic acids is 5. The van der Waals surface area contributed by atoms with Gasteiger partial charge in [-0.3, -0.25) is 24.0 Å². The van der Waals surface area contributed by atoms with E-state index < -0.39 is 72.8 Å². The number of benzene rings is 2. The van der Waals surface area contributed by atoms with E-state index in [2.05, 4.69) is 76.9 Å². The zero-order valence-electron chi connectivity index (χ0n) is 37.3. The van der Waals surface area contributed by atoms with Crippen LogP contribution in [0.4, 0.5) is 0 Å². The largest absolute Gasteiger partial charge is 0.497 e. The lowest BCUT2D eigenvalue weighted by Gasteiger charge is -2.64. The van der Waals surface area contributed by atoms with Crippen molar-refractivity contribution in [1.29, 1.82) is 0 Å². The van der Waals surface area contributed by atoms with Crippen LogP contribution in [-0.2, 0) is 34.9 Å². The number of aryl methyl sites for hydroxylation is 1. The van der Waals surface area contributed by atoms with Crippen molar-refractivity contribution < 1.29 is 38.4 Å². The second-order valence-electron chi connectivity index (χ2n) is 18.7. The molecule has 11 atom stereocenters. The Morgan fingerprint density at radius 1 is 0.873 bits per heavy atom. The maximum Gasteiger partial charge on any atom is 0.497 e. The maximum absolute atomic E-state index is 13.6. The molecule has 7 rings (SSSR count). The highest BCUT2D eigenvalue weighted by Crippen LogP contribution is 2.65. The van der Waals surface area contributed by atoms with Crippen molar-refractivity contribution in [2.45, 2.75) is 147 Å². The van der Waals surface area contributed by atoms with Gasteiger partial charge in [0.25, 0.3) is 11.8 Å². The van der Waals surface area contributed by atoms with E-state index >= 15 is 0 Å². The van der Waals surface area contributed by atoms with Crippen LogP contribution in [0.3, 0.4) is 0 Å². The molecule has 3 saturated carbocycles. The number of amides is 5. The Labute approximate surface area is 371 Å². The molecule has 13 N–H and O–H groups in total. The molecular formula is C45H68BN9O8. The SMILES string of the molecule is CCCCc1ccc(-c2ccc(C(=O)N[C@@H]3CN[C@H](C(=O)N[C@H](C(=O)N[C@@H](N)C(=O)N[C@@H](CCCCN)C(=O)N[C@@H](N)B4OC5C[C@@H]6C[C@@H](C6(C)C)[C@]5(C)O4)[C@@H](C)O)C3)cc2)cc1. The summed E-state index contributed by atoms with van der Waals surface area (Å²) >= 11 is 0. The van der Waals surface area contributed by atoms with E-state index in [0.29, 0.717) is 43.3 Å². The predicted molar refractivity (Wildman–Crippen MR) is 239 cm³/mol. The molecule has 18 heteroatoms. The second kappa shape index (κ2) is 20.6. The molecule has 1 unspecified atom stereocenters. The van der Waals surface area contributed by atoms with Gasteiger partial charge in [-0.15, -0.1) is 0 Å². The van der Waals surface area contributed by atoms with Gasteiger partial charge in [-0.25, -0.2) is 0 Å². The molecule has 5 fully saturated rings. The average molecular weight is 874 g/mol. The van der Waals surface area contributed by atoms with E-state index in [0.717, 1.165) is 43.2 Å². The Kier molecular flexibility index (Phi) is 15.7. The summed E-state index contributed by atoms with van der Waals surface area (Å²) in [5, 5.41) is 26.7. The molecule has 5 aliphatic rings. The molecule has 2 saturated heterocycles.